The lowest BCUT2D eigenvalue weighted by molar-refractivity contribution is -0.131. The van der Waals surface area contributed by atoms with Crippen LogP contribution in [0.15, 0.2) is 30.3 Å². The molecule has 29 heavy (non-hydrogen) atoms. The highest BCUT2D eigenvalue weighted by molar-refractivity contribution is 7.17. The number of carbonyl (C=O) groups is 2. The lowest BCUT2D eigenvalue weighted by atomic mass is 10.1. The SMILES string of the molecule is O=C(NCCC(=O)N1CCCCCC1)c1ccc(-c2ccc3c(c2)OCCO3)s1. The van der Waals surface area contributed by atoms with Gasteiger partial charge in [0.05, 0.1) is 4.88 Å². The molecular formula is C22H26N2O4S. The van der Waals surface area contributed by atoms with Gasteiger partial charge in [-0.1, -0.05) is 12.8 Å². The van der Waals surface area contributed by atoms with Crippen LogP contribution in [0.25, 0.3) is 10.4 Å². The van der Waals surface area contributed by atoms with Gasteiger partial charge in [-0.25, -0.2) is 0 Å². The van der Waals surface area contributed by atoms with E-state index < -0.39 is 0 Å². The molecule has 7 heteroatoms. The summed E-state index contributed by atoms with van der Waals surface area (Å²) in [5.74, 6) is 1.49. The first-order chi connectivity index (χ1) is 14.2. The molecule has 0 bridgehead atoms. The third-order valence-electron chi connectivity index (χ3n) is 5.24. The lowest BCUT2D eigenvalue weighted by Gasteiger charge is -2.20. The van der Waals surface area contributed by atoms with Crippen LogP contribution in [0.1, 0.15) is 41.8 Å². The Morgan fingerprint density at radius 2 is 1.72 bits per heavy atom. The summed E-state index contributed by atoms with van der Waals surface area (Å²) in [4.78, 5) is 28.4. The molecule has 1 fully saturated rings. The number of rotatable bonds is 5. The van der Waals surface area contributed by atoms with Crippen molar-refractivity contribution in [3.63, 3.8) is 0 Å². The van der Waals surface area contributed by atoms with E-state index in [9.17, 15) is 9.59 Å². The summed E-state index contributed by atoms with van der Waals surface area (Å²) in [6.45, 7) is 3.17. The zero-order chi connectivity index (χ0) is 20.1. The highest BCUT2D eigenvalue weighted by Gasteiger charge is 2.17. The van der Waals surface area contributed by atoms with Crippen molar-refractivity contribution in [1.82, 2.24) is 10.2 Å². The first kappa shape index (κ1) is 19.8. The molecule has 3 heterocycles. The highest BCUT2D eigenvalue weighted by Crippen LogP contribution is 2.36. The number of nitrogens with zero attached hydrogens (tertiary/aromatic N) is 1. The van der Waals surface area contributed by atoms with Gasteiger partial charge in [-0.05, 0) is 48.7 Å². The minimum absolute atomic E-state index is 0.135. The summed E-state index contributed by atoms with van der Waals surface area (Å²) in [7, 11) is 0. The fourth-order valence-electron chi connectivity index (χ4n) is 3.66. The molecule has 2 amide bonds. The van der Waals surface area contributed by atoms with Gasteiger partial charge >= 0.3 is 0 Å². The van der Waals surface area contributed by atoms with E-state index in [0.717, 1.165) is 47.9 Å². The Labute approximate surface area is 174 Å². The topological polar surface area (TPSA) is 67.9 Å². The Balaban J connectivity index is 1.31. The van der Waals surface area contributed by atoms with Crippen molar-refractivity contribution >= 4 is 23.2 Å². The molecule has 0 aliphatic carbocycles. The lowest BCUT2D eigenvalue weighted by Crippen LogP contribution is -2.35. The van der Waals surface area contributed by atoms with Crippen LogP contribution in [0, 0.1) is 0 Å². The Kier molecular flexibility index (Phi) is 6.34. The molecule has 0 unspecified atom stereocenters. The minimum atomic E-state index is -0.137. The first-order valence-electron chi connectivity index (χ1n) is 10.3. The second kappa shape index (κ2) is 9.31. The van der Waals surface area contributed by atoms with Gasteiger partial charge in [-0.15, -0.1) is 11.3 Å². The molecule has 154 valence electrons. The normalized spacial score (nSPS) is 16.2. The van der Waals surface area contributed by atoms with E-state index in [4.69, 9.17) is 9.47 Å². The zero-order valence-electron chi connectivity index (χ0n) is 16.4. The van der Waals surface area contributed by atoms with Gasteiger partial charge in [0.15, 0.2) is 11.5 Å². The minimum Gasteiger partial charge on any atom is -0.486 e. The number of carbonyl (C=O) groups excluding carboxylic acids is 2. The van der Waals surface area contributed by atoms with Crippen LogP contribution < -0.4 is 14.8 Å². The van der Waals surface area contributed by atoms with Gasteiger partial charge in [-0.2, -0.15) is 0 Å². The number of amides is 2. The second-order valence-electron chi connectivity index (χ2n) is 7.32. The van der Waals surface area contributed by atoms with Gasteiger partial charge in [-0.3, -0.25) is 9.59 Å². The highest BCUT2D eigenvalue weighted by atomic mass is 32.1. The molecule has 0 spiro atoms. The molecule has 1 N–H and O–H groups in total. The molecule has 1 aromatic heterocycles. The van der Waals surface area contributed by atoms with E-state index in [1.54, 1.807) is 0 Å². The van der Waals surface area contributed by atoms with E-state index in [-0.39, 0.29) is 11.8 Å². The average Bonchev–Trinajstić information content (AvgIpc) is 3.09. The third-order valence-corrected chi connectivity index (χ3v) is 6.37. The fraction of sp³-hybridized carbons (Fsp3) is 0.455. The average molecular weight is 415 g/mol. The van der Waals surface area contributed by atoms with Crippen LogP contribution >= 0.6 is 11.3 Å². The summed E-state index contributed by atoms with van der Waals surface area (Å²) in [5, 5.41) is 2.88. The van der Waals surface area contributed by atoms with Crippen LogP contribution in [0.4, 0.5) is 0 Å². The smallest absolute Gasteiger partial charge is 0.261 e. The second-order valence-corrected chi connectivity index (χ2v) is 8.41. The van der Waals surface area contributed by atoms with Crippen LogP contribution in [-0.2, 0) is 4.79 Å². The number of ether oxygens (including phenoxy) is 2. The standard InChI is InChI=1S/C22H26N2O4S/c25-21(24-11-3-1-2-4-12-24)9-10-23-22(26)20-8-7-19(29-20)16-5-6-17-18(15-16)28-14-13-27-17/h5-8,15H,1-4,9-14H2,(H,23,26). The molecule has 4 rings (SSSR count). The van der Waals surface area contributed by atoms with Crippen molar-refractivity contribution in [2.75, 3.05) is 32.8 Å². The number of hydrogen-bond donors (Lipinski definition) is 1. The molecule has 6 nitrogen and oxygen atoms in total. The van der Waals surface area contributed by atoms with E-state index >= 15 is 0 Å². The van der Waals surface area contributed by atoms with Crippen LogP contribution in [0.5, 0.6) is 11.5 Å². The van der Waals surface area contributed by atoms with E-state index in [1.165, 1.54) is 24.2 Å². The Morgan fingerprint density at radius 1 is 0.966 bits per heavy atom. The Bertz CT molecular complexity index is 871. The number of benzene rings is 1. The maximum Gasteiger partial charge on any atom is 0.261 e. The Morgan fingerprint density at radius 3 is 2.52 bits per heavy atom. The Hall–Kier alpha value is -2.54. The van der Waals surface area contributed by atoms with Gasteiger partial charge in [0.2, 0.25) is 5.91 Å². The quantitative estimate of drug-likeness (QED) is 0.810. The third kappa shape index (κ3) is 4.90. The van der Waals surface area contributed by atoms with Crippen molar-refractivity contribution in [3.8, 4) is 21.9 Å². The van der Waals surface area contributed by atoms with Gasteiger partial charge < -0.3 is 19.7 Å². The van der Waals surface area contributed by atoms with Gasteiger partial charge in [0.25, 0.3) is 5.91 Å². The van der Waals surface area contributed by atoms with Gasteiger partial charge in [0, 0.05) is 30.9 Å². The number of nitrogens with one attached hydrogen (secondary N) is 1. The summed E-state index contributed by atoms with van der Waals surface area (Å²) in [6, 6.07) is 9.58. The maximum absolute atomic E-state index is 12.5. The molecule has 0 atom stereocenters. The van der Waals surface area contributed by atoms with Crippen LogP contribution in [0.2, 0.25) is 0 Å². The first-order valence-corrected chi connectivity index (χ1v) is 11.1. The van der Waals surface area contributed by atoms with E-state index in [2.05, 4.69) is 5.32 Å². The summed E-state index contributed by atoms with van der Waals surface area (Å²) >= 11 is 1.43. The van der Waals surface area contributed by atoms with Gasteiger partial charge in [0.1, 0.15) is 13.2 Å². The van der Waals surface area contributed by atoms with E-state index in [0.29, 0.717) is 31.1 Å². The number of hydrogen-bond acceptors (Lipinski definition) is 5. The van der Waals surface area contributed by atoms with Crippen molar-refractivity contribution in [1.29, 1.82) is 0 Å². The number of likely N-dealkylation sites (tertiary alicyclic amines) is 1. The van der Waals surface area contributed by atoms with Crippen molar-refractivity contribution in [3.05, 3.63) is 35.2 Å². The molecule has 0 saturated carbocycles. The fourth-order valence-corrected chi connectivity index (χ4v) is 4.58. The van der Waals surface area contributed by atoms with Crippen molar-refractivity contribution < 1.29 is 19.1 Å². The molecule has 1 saturated heterocycles. The monoisotopic (exact) mass is 414 g/mol. The predicted octanol–water partition coefficient (Wildman–Crippen LogP) is 3.71. The maximum atomic E-state index is 12.5. The van der Waals surface area contributed by atoms with Crippen LogP contribution in [-0.4, -0.2) is 49.6 Å². The molecule has 2 aromatic rings. The van der Waals surface area contributed by atoms with E-state index in [1.807, 2.05) is 35.2 Å². The number of fused-ring (bicyclic) bond motifs is 1. The summed E-state index contributed by atoms with van der Waals surface area (Å²) < 4.78 is 11.2. The van der Waals surface area contributed by atoms with Crippen molar-refractivity contribution in [2.45, 2.75) is 32.1 Å². The van der Waals surface area contributed by atoms with Crippen molar-refractivity contribution in [2.24, 2.45) is 0 Å². The van der Waals surface area contributed by atoms with Crippen LogP contribution in [0.3, 0.4) is 0 Å². The molecular weight excluding hydrogens is 388 g/mol. The summed E-state index contributed by atoms with van der Waals surface area (Å²) in [6.07, 6.45) is 4.91. The molecule has 1 aromatic carbocycles. The number of thiophene rings is 1. The summed E-state index contributed by atoms with van der Waals surface area (Å²) in [5.41, 5.74) is 0.995. The molecule has 0 radical (unpaired) electrons. The predicted molar refractivity (Wildman–Crippen MR) is 113 cm³/mol. The zero-order valence-corrected chi connectivity index (χ0v) is 17.3. The molecule has 2 aliphatic rings. The largest absolute Gasteiger partial charge is 0.486 e. The molecule has 2 aliphatic heterocycles.